The molecule has 1 aromatic heterocycles. The molecular weight excluding hydrogens is 430 g/mol. The van der Waals surface area contributed by atoms with Crippen LogP contribution < -0.4 is 19.5 Å². The van der Waals surface area contributed by atoms with Crippen molar-refractivity contribution in [3.63, 3.8) is 0 Å². The summed E-state index contributed by atoms with van der Waals surface area (Å²) in [6.45, 7) is 4.63. The summed E-state index contributed by atoms with van der Waals surface area (Å²) >= 11 is 0. The molecule has 0 radical (unpaired) electrons. The van der Waals surface area contributed by atoms with Crippen molar-refractivity contribution >= 4 is 5.91 Å². The lowest BCUT2D eigenvalue weighted by atomic mass is 10.1. The van der Waals surface area contributed by atoms with Crippen LogP contribution in [0.15, 0.2) is 66.7 Å². The molecule has 1 aliphatic heterocycles. The van der Waals surface area contributed by atoms with Crippen LogP contribution in [0.2, 0.25) is 0 Å². The van der Waals surface area contributed by atoms with Gasteiger partial charge in [0.25, 0.3) is 5.91 Å². The van der Waals surface area contributed by atoms with E-state index in [-0.39, 0.29) is 12.7 Å². The SMILES string of the molecule is COc1ccc(-c2cc(C(=O)NCc3ccc4c(c3)OCO4)n(-c3ccc(C)cc3C)n2)cc1. The number of benzene rings is 3. The summed E-state index contributed by atoms with van der Waals surface area (Å²) < 4.78 is 17.8. The van der Waals surface area contributed by atoms with Gasteiger partial charge in [-0.1, -0.05) is 23.8 Å². The van der Waals surface area contributed by atoms with Gasteiger partial charge in [0, 0.05) is 12.1 Å². The monoisotopic (exact) mass is 455 g/mol. The number of aryl methyl sites for hydroxylation is 2. The van der Waals surface area contributed by atoms with Gasteiger partial charge in [0.15, 0.2) is 11.5 Å². The molecule has 0 aliphatic carbocycles. The van der Waals surface area contributed by atoms with Crippen LogP contribution in [0.4, 0.5) is 0 Å². The highest BCUT2D eigenvalue weighted by Crippen LogP contribution is 2.32. The van der Waals surface area contributed by atoms with Gasteiger partial charge in [-0.3, -0.25) is 4.79 Å². The summed E-state index contributed by atoms with van der Waals surface area (Å²) in [7, 11) is 1.63. The second kappa shape index (κ2) is 8.94. The van der Waals surface area contributed by atoms with Crippen LogP contribution in [0, 0.1) is 13.8 Å². The van der Waals surface area contributed by atoms with Crippen molar-refractivity contribution in [3.05, 3.63) is 89.1 Å². The Labute approximate surface area is 197 Å². The molecule has 3 aromatic carbocycles. The Bertz CT molecular complexity index is 1360. The maximum Gasteiger partial charge on any atom is 0.270 e. The summed E-state index contributed by atoms with van der Waals surface area (Å²) in [6.07, 6.45) is 0. The first-order chi connectivity index (χ1) is 16.5. The quantitative estimate of drug-likeness (QED) is 0.451. The van der Waals surface area contributed by atoms with Gasteiger partial charge in [0.2, 0.25) is 6.79 Å². The molecule has 0 saturated heterocycles. The Kier molecular flexibility index (Phi) is 5.67. The molecule has 5 rings (SSSR count). The number of aromatic nitrogens is 2. The van der Waals surface area contributed by atoms with Gasteiger partial charge < -0.3 is 19.5 Å². The fourth-order valence-corrected chi connectivity index (χ4v) is 4.00. The molecule has 0 bridgehead atoms. The molecular formula is C27H25N3O4. The fraction of sp³-hybridized carbons (Fsp3) is 0.185. The number of hydrogen-bond acceptors (Lipinski definition) is 5. The van der Waals surface area contributed by atoms with Gasteiger partial charge in [0.05, 0.1) is 18.5 Å². The minimum atomic E-state index is -0.218. The Hall–Kier alpha value is -4.26. The molecule has 0 spiro atoms. The lowest BCUT2D eigenvalue weighted by Gasteiger charge is -2.11. The van der Waals surface area contributed by atoms with E-state index >= 15 is 0 Å². The molecule has 7 nitrogen and oxygen atoms in total. The predicted molar refractivity (Wildman–Crippen MR) is 129 cm³/mol. The number of ether oxygens (including phenoxy) is 3. The summed E-state index contributed by atoms with van der Waals surface area (Å²) in [6, 6.07) is 21.2. The van der Waals surface area contributed by atoms with Crippen LogP contribution in [0.1, 0.15) is 27.2 Å². The average molecular weight is 456 g/mol. The van der Waals surface area contributed by atoms with Crippen molar-refractivity contribution in [2.75, 3.05) is 13.9 Å². The third-order valence-electron chi connectivity index (χ3n) is 5.80. The number of nitrogens with zero attached hydrogens (tertiary/aromatic N) is 2. The van der Waals surface area contributed by atoms with Crippen LogP contribution >= 0.6 is 0 Å². The zero-order chi connectivity index (χ0) is 23.7. The highest BCUT2D eigenvalue weighted by molar-refractivity contribution is 5.94. The highest BCUT2D eigenvalue weighted by Gasteiger charge is 2.20. The lowest BCUT2D eigenvalue weighted by molar-refractivity contribution is 0.0943. The van der Waals surface area contributed by atoms with Crippen molar-refractivity contribution in [1.82, 2.24) is 15.1 Å². The van der Waals surface area contributed by atoms with Crippen molar-refractivity contribution in [3.8, 4) is 34.2 Å². The number of nitrogens with one attached hydrogen (secondary N) is 1. The third-order valence-corrected chi connectivity index (χ3v) is 5.80. The summed E-state index contributed by atoms with van der Waals surface area (Å²) in [4.78, 5) is 13.3. The number of fused-ring (bicyclic) bond motifs is 1. The first kappa shape index (κ1) is 21.6. The molecule has 172 valence electrons. The minimum absolute atomic E-state index is 0.217. The number of methoxy groups -OCH3 is 1. The van der Waals surface area contributed by atoms with E-state index in [1.165, 1.54) is 0 Å². The molecule has 0 saturated carbocycles. The molecule has 0 fully saturated rings. The second-order valence-electron chi connectivity index (χ2n) is 8.22. The Morgan fingerprint density at radius 3 is 2.56 bits per heavy atom. The molecule has 7 heteroatoms. The van der Waals surface area contributed by atoms with Gasteiger partial charge >= 0.3 is 0 Å². The first-order valence-electron chi connectivity index (χ1n) is 11.0. The van der Waals surface area contributed by atoms with E-state index in [1.807, 2.05) is 74.5 Å². The number of carbonyl (C=O) groups excluding carboxylic acids is 1. The maximum atomic E-state index is 13.3. The largest absolute Gasteiger partial charge is 0.497 e. The maximum absolute atomic E-state index is 13.3. The van der Waals surface area contributed by atoms with Gasteiger partial charge in [-0.15, -0.1) is 0 Å². The second-order valence-corrected chi connectivity index (χ2v) is 8.22. The van der Waals surface area contributed by atoms with E-state index in [0.717, 1.165) is 33.7 Å². The van der Waals surface area contributed by atoms with Gasteiger partial charge in [-0.2, -0.15) is 5.10 Å². The normalized spacial score (nSPS) is 12.0. The van der Waals surface area contributed by atoms with Crippen molar-refractivity contribution in [1.29, 1.82) is 0 Å². The zero-order valence-corrected chi connectivity index (χ0v) is 19.3. The van der Waals surface area contributed by atoms with Crippen LogP contribution in [-0.4, -0.2) is 29.6 Å². The van der Waals surface area contributed by atoms with E-state index < -0.39 is 0 Å². The molecule has 0 atom stereocenters. The molecule has 2 heterocycles. The van der Waals surface area contributed by atoms with Crippen LogP contribution in [0.3, 0.4) is 0 Å². The standard InChI is InChI=1S/C27H25N3O4/c1-17-4-10-23(18(2)12-17)30-24(14-22(29-30)20-6-8-21(32-3)9-7-20)27(31)28-15-19-5-11-25-26(13-19)34-16-33-25/h4-14H,15-16H2,1-3H3,(H,28,31). The number of amides is 1. The Morgan fingerprint density at radius 2 is 1.79 bits per heavy atom. The first-order valence-corrected chi connectivity index (χ1v) is 11.0. The average Bonchev–Trinajstić information content (AvgIpc) is 3.50. The van der Waals surface area contributed by atoms with E-state index in [1.54, 1.807) is 11.8 Å². The van der Waals surface area contributed by atoms with E-state index in [2.05, 4.69) is 11.4 Å². The Balaban J connectivity index is 1.47. The van der Waals surface area contributed by atoms with Crippen molar-refractivity contribution < 1.29 is 19.0 Å². The molecule has 0 unspecified atom stereocenters. The molecule has 1 aliphatic rings. The minimum Gasteiger partial charge on any atom is -0.497 e. The number of rotatable bonds is 6. The molecule has 1 amide bonds. The van der Waals surface area contributed by atoms with Crippen LogP contribution in [0.25, 0.3) is 16.9 Å². The van der Waals surface area contributed by atoms with Gasteiger partial charge in [-0.25, -0.2) is 4.68 Å². The summed E-state index contributed by atoms with van der Waals surface area (Å²) in [5.41, 5.74) is 6.03. The molecule has 4 aromatic rings. The van der Waals surface area contributed by atoms with Crippen molar-refractivity contribution in [2.45, 2.75) is 20.4 Å². The zero-order valence-electron chi connectivity index (χ0n) is 19.3. The van der Waals surface area contributed by atoms with E-state index in [0.29, 0.717) is 29.4 Å². The summed E-state index contributed by atoms with van der Waals surface area (Å²) in [5, 5.41) is 7.81. The molecule has 34 heavy (non-hydrogen) atoms. The van der Waals surface area contributed by atoms with Crippen LogP contribution in [0.5, 0.6) is 17.2 Å². The Morgan fingerprint density at radius 1 is 1.00 bits per heavy atom. The van der Waals surface area contributed by atoms with Crippen LogP contribution in [-0.2, 0) is 6.54 Å². The smallest absolute Gasteiger partial charge is 0.270 e. The molecule has 1 N–H and O–H groups in total. The predicted octanol–water partition coefficient (Wildman–Crippen LogP) is 4.82. The van der Waals surface area contributed by atoms with Gasteiger partial charge in [0.1, 0.15) is 11.4 Å². The number of carbonyl (C=O) groups is 1. The van der Waals surface area contributed by atoms with Crippen molar-refractivity contribution in [2.24, 2.45) is 0 Å². The number of hydrogen-bond donors (Lipinski definition) is 1. The third kappa shape index (κ3) is 4.20. The van der Waals surface area contributed by atoms with E-state index in [4.69, 9.17) is 19.3 Å². The van der Waals surface area contributed by atoms with Gasteiger partial charge in [-0.05, 0) is 73.5 Å². The highest BCUT2D eigenvalue weighted by atomic mass is 16.7. The summed E-state index contributed by atoms with van der Waals surface area (Å²) in [5.74, 6) is 1.95. The fourth-order valence-electron chi connectivity index (χ4n) is 4.00. The lowest BCUT2D eigenvalue weighted by Crippen LogP contribution is -2.25. The topological polar surface area (TPSA) is 74.6 Å². The van der Waals surface area contributed by atoms with E-state index in [9.17, 15) is 4.79 Å².